The van der Waals surface area contributed by atoms with Crippen LogP contribution in [0.3, 0.4) is 0 Å². The number of nitrogens with two attached hydrogens (primary N) is 1. The summed E-state index contributed by atoms with van der Waals surface area (Å²) in [5.41, 5.74) is 7.42. The van der Waals surface area contributed by atoms with E-state index in [4.69, 9.17) is 5.73 Å². The van der Waals surface area contributed by atoms with E-state index in [1.54, 1.807) is 61.5 Å². The predicted octanol–water partition coefficient (Wildman–Crippen LogP) is 3.37. The second-order valence-electron chi connectivity index (χ2n) is 8.73. The summed E-state index contributed by atoms with van der Waals surface area (Å²) in [6, 6.07) is 13.2. The van der Waals surface area contributed by atoms with Crippen LogP contribution in [-0.4, -0.2) is 58.6 Å². The Kier molecular flexibility index (Phi) is 10.3. The summed E-state index contributed by atoms with van der Waals surface area (Å²) >= 11 is 0. The lowest BCUT2D eigenvalue weighted by Crippen LogP contribution is -2.33. The highest BCUT2D eigenvalue weighted by Crippen LogP contribution is 2.21. The van der Waals surface area contributed by atoms with Gasteiger partial charge in [-0.15, -0.1) is 0 Å². The molecule has 208 valence electrons. The first-order chi connectivity index (χ1) is 19.2. The van der Waals surface area contributed by atoms with Gasteiger partial charge in [0.1, 0.15) is 11.4 Å². The van der Waals surface area contributed by atoms with Crippen LogP contribution in [0.2, 0.25) is 0 Å². The van der Waals surface area contributed by atoms with Gasteiger partial charge in [0.15, 0.2) is 0 Å². The number of primary amides is 1. The summed E-state index contributed by atoms with van der Waals surface area (Å²) in [7, 11) is 1.53. The Bertz CT molecular complexity index is 1410. The van der Waals surface area contributed by atoms with Gasteiger partial charge in [0.05, 0.1) is 6.54 Å². The summed E-state index contributed by atoms with van der Waals surface area (Å²) in [6.45, 7) is 4.16. The Morgan fingerprint density at radius 1 is 1.00 bits per heavy atom. The van der Waals surface area contributed by atoms with E-state index in [9.17, 15) is 19.2 Å². The van der Waals surface area contributed by atoms with E-state index in [1.165, 1.54) is 24.2 Å². The molecule has 1 heterocycles. The number of nitrogens with one attached hydrogen (secondary N) is 4. The summed E-state index contributed by atoms with van der Waals surface area (Å²) in [5.74, 6) is -1.04. The molecule has 4 amide bonds. The van der Waals surface area contributed by atoms with E-state index in [0.717, 1.165) is 6.42 Å². The molecule has 1 aromatic heterocycles. The van der Waals surface area contributed by atoms with Gasteiger partial charge in [0.25, 0.3) is 5.91 Å². The van der Waals surface area contributed by atoms with Crippen LogP contribution >= 0.6 is 0 Å². The number of aromatic nitrogens is 2. The number of rotatable bonds is 12. The summed E-state index contributed by atoms with van der Waals surface area (Å²) in [4.78, 5) is 58.7. The second kappa shape index (κ2) is 14.0. The van der Waals surface area contributed by atoms with Gasteiger partial charge in [-0.05, 0) is 61.9 Å². The predicted molar refractivity (Wildman–Crippen MR) is 155 cm³/mol. The van der Waals surface area contributed by atoms with Crippen LogP contribution in [0.25, 0.3) is 0 Å². The lowest BCUT2D eigenvalue weighted by Gasteiger charge is -2.15. The Labute approximate surface area is 232 Å². The van der Waals surface area contributed by atoms with Gasteiger partial charge in [0.2, 0.25) is 23.7 Å². The lowest BCUT2D eigenvalue weighted by molar-refractivity contribution is -0.129. The number of benzene rings is 2. The highest BCUT2D eigenvalue weighted by molar-refractivity contribution is 6.07. The van der Waals surface area contributed by atoms with Crippen molar-refractivity contribution in [3.8, 4) is 0 Å². The molecule has 6 N–H and O–H groups in total. The molecule has 3 rings (SSSR count). The molecule has 2 aromatic carbocycles. The highest BCUT2D eigenvalue weighted by atomic mass is 16.2. The van der Waals surface area contributed by atoms with Crippen LogP contribution in [0.15, 0.2) is 66.9 Å². The number of carbonyl (C=O) groups excluding carboxylic acids is 4. The smallest absolute Gasteiger partial charge is 0.260 e. The second-order valence-corrected chi connectivity index (χ2v) is 8.73. The van der Waals surface area contributed by atoms with E-state index < -0.39 is 11.8 Å². The van der Waals surface area contributed by atoms with E-state index in [0.29, 0.717) is 35.0 Å². The van der Waals surface area contributed by atoms with Crippen molar-refractivity contribution >= 4 is 52.5 Å². The molecule has 0 fully saturated rings. The van der Waals surface area contributed by atoms with Crippen LogP contribution in [0.4, 0.5) is 28.8 Å². The van der Waals surface area contributed by atoms with Crippen molar-refractivity contribution in [1.29, 1.82) is 0 Å². The maximum absolute atomic E-state index is 13.2. The number of nitrogens with zero attached hydrogens (tertiary/aromatic N) is 3. The van der Waals surface area contributed by atoms with E-state index >= 15 is 0 Å². The average molecular weight is 545 g/mol. The molecule has 0 aliphatic carbocycles. The first-order valence-electron chi connectivity index (χ1n) is 12.6. The fourth-order valence-corrected chi connectivity index (χ4v) is 3.47. The Morgan fingerprint density at radius 3 is 2.35 bits per heavy atom. The van der Waals surface area contributed by atoms with Gasteiger partial charge < -0.3 is 31.9 Å². The molecule has 0 spiro atoms. The Hall–Kier alpha value is -5.26. The molecule has 0 aliphatic rings. The minimum atomic E-state index is -0.527. The SMILES string of the molecule is C/C=C/C(=O)N(C)CC(=O)Nc1cccc(NC(=O)c2cnc(Nc3ccc(C(N)=O)cc3)nc2NCCC)c1. The van der Waals surface area contributed by atoms with E-state index in [-0.39, 0.29) is 29.9 Å². The van der Waals surface area contributed by atoms with Crippen molar-refractivity contribution in [1.82, 2.24) is 14.9 Å². The Morgan fingerprint density at radius 2 is 1.70 bits per heavy atom. The first kappa shape index (κ1) is 29.3. The number of carbonyl (C=O) groups is 4. The third kappa shape index (κ3) is 8.38. The monoisotopic (exact) mass is 544 g/mol. The molecule has 40 heavy (non-hydrogen) atoms. The zero-order valence-corrected chi connectivity index (χ0v) is 22.5. The van der Waals surface area contributed by atoms with Crippen LogP contribution in [0, 0.1) is 0 Å². The largest absolute Gasteiger partial charge is 0.369 e. The third-order valence-corrected chi connectivity index (χ3v) is 5.47. The Balaban J connectivity index is 1.71. The maximum Gasteiger partial charge on any atom is 0.260 e. The molecule has 12 heteroatoms. The topological polar surface area (TPSA) is 171 Å². The molecular formula is C28H32N8O4. The van der Waals surface area contributed by atoms with Crippen molar-refractivity contribution in [2.45, 2.75) is 20.3 Å². The maximum atomic E-state index is 13.2. The van der Waals surface area contributed by atoms with Crippen molar-refractivity contribution in [3.05, 3.63) is 78.0 Å². The summed E-state index contributed by atoms with van der Waals surface area (Å²) in [6.07, 6.45) is 5.19. The van der Waals surface area contributed by atoms with Crippen LogP contribution in [-0.2, 0) is 9.59 Å². The van der Waals surface area contributed by atoms with Crippen molar-refractivity contribution in [2.24, 2.45) is 5.73 Å². The van der Waals surface area contributed by atoms with Crippen LogP contribution in [0.1, 0.15) is 41.0 Å². The van der Waals surface area contributed by atoms with Gasteiger partial charge in [0, 0.05) is 42.4 Å². The van der Waals surface area contributed by atoms with E-state index in [2.05, 4.69) is 31.2 Å². The van der Waals surface area contributed by atoms with Gasteiger partial charge in [-0.3, -0.25) is 19.2 Å². The molecule has 0 aliphatic heterocycles. The molecule has 0 radical (unpaired) electrons. The molecule has 0 atom stereocenters. The minimum Gasteiger partial charge on any atom is -0.369 e. The van der Waals surface area contributed by atoms with Crippen LogP contribution in [0.5, 0.6) is 0 Å². The number of allylic oxidation sites excluding steroid dienone is 1. The number of hydrogen-bond donors (Lipinski definition) is 5. The number of hydrogen-bond acceptors (Lipinski definition) is 8. The van der Waals surface area contributed by atoms with Crippen molar-refractivity contribution in [2.75, 3.05) is 41.4 Å². The summed E-state index contributed by atoms with van der Waals surface area (Å²) < 4.78 is 0. The zero-order valence-electron chi connectivity index (χ0n) is 22.5. The molecule has 0 unspecified atom stereocenters. The molecule has 0 bridgehead atoms. The standard InChI is InChI=1S/C28H32N8O4/c1-4-7-24(38)36(3)17-23(37)32-20-8-6-9-21(15-20)33-27(40)22-16-31-28(35-26(22)30-14-5-2)34-19-12-10-18(11-13-19)25(29)39/h4,6-13,15-16H,5,14,17H2,1-3H3,(H2,29,39)(H,32,37)(H,33,40)(H2,30,31,34,35)/b7-4+. The lowest BCUT2D eigenvalue weighted by atomic mass is 10.2. The number of anilines is 5. The molecule has 0 saturated carbocycles. The highest BCUT2D eigenvalue weighted by Gasteiger charge is 2.16. The van der Waals surface area contributed by atoms with Gasteiger partial charge >= 0.3 is 0 Å². The quantitative estimate of drug-likeness (QED) is 0.216. The molecule has 12 nitrogen and oxygen atoms in total. The fraction of sp³-hybridized carbons (Fsp3) is 0.214. The number of likely N-dealkylation sites (N-methyl/N-ethyl adjacent to an activating group) is 1. The van der Waals surface area contributed by atoms with Gasteiger partial charge in [-0.25, -0.2) is 4.98 Å². The molecule has 0 saturated heterocycles. The minimum absolute atomic E-state index is 0.126. The van der Waals surface area contributed by atoms with Crippen molar-refractivity contribution < 1.29 is 19.2 Å². The zero-order chi connectivity index (χ0) is 29.1. The molecule has 3 aromatic rings. The number of amides is 4. The average Bonchev–Trinajstić information content (AvgIpc) is 2.92. The summed E-state index contributed by atoms with van der Waals surface area (Å²) in [5, 5.41) is 11.7. The normalized spacial score (nSPS) is 10.6. The van der Waals surface area contributed by atoms with Gasteiger partial charge in [-0.2, -0.15) is 4.98 Å². The molecular weight excluding hydrogens is 512 g/mol. The van der Waals surface area contributed by atoms with Gasteiger partial charge in [-0.1, -0.05) is 19.1 Å². The van der Waals surface area contributed by atoms with Crippen molar-refractivity contribution in [3.63, 3.8) is 0 Å². The first-order valence-corrected chi connectivity index (χ1v) is 12.6. The fourth-order valence-electron chi connectivity index (χ4n) is 3.47. The van der Waals surface area contributed by atoms with Crippen LogP contribution < -0.4 is 27.0 Å². The third-order valence-electron chi connectivity index (χ3n) is 5.47. The van der Waals surface area contributed by atoms with E-state index in [1.807, 2.05) is 6.92 Å².